The number of amides is 1. The molecule has 0 aromatic carbocycles. The van der Waals surface area contributed by atoms with Crippen LogP contribution < -0.4 is 10.6 Å². The number of aromatic nitrogens is 1. The van der Waals surface area contributed by atoms with E-state index in [4.69, 9.17) is 5.26 Å². The van der Waals surface area contributed by atoms with E-state index in [1.165, 1.54) is 6.20 Å². The Hall–Kier alpha value is -2.09. The Morgan fingerprint density at radius 1 is 1.62 bits per heavy atom. The Labute approximate surface area is 94.5 Å². The van der Waals surface area contributed by atoms with Gasteiger partial charge in [0.05, 0.1) is 18.2 Å². The van der Waals surface area contributed by atoms with Gasteiger partial charge in [-0.05, 0) is 18.6 Å². The zero-order valence-corrected chi connectivity index (χ0v) is 9.16. The smallest absolute Gasteiger partial charge is 0.239 e. The number of carbonyl (C=O) groups excluding carboxylic acids is 1. The molecule has 0 fully saturated rings. The van der Waals surface area contributed by atoms with Crippen LogP contribution in [0.3, 0.4) is 0 Å². The molecule has 0 saturated heterocycles. The predicted octanol–water partition coefficient (Wildman–Crippen LogP) is 0.891. The van der Waals surface area contributed by atoms with Gasteiger partial charge >= 0.3 is 0 Å². The largest absolute Gasteiger partial charge is 0.361 e. The SMILES string of the molecule is CCCNC(=O)CNc1cc(C#N)ccn1. The number of carbonyl (C=O) groups is 1. The molecule has 0 unspecified atom stereocenters. The Kier molecular flexibility index (Phi) is 4.80. The predicted molar refractivity (Wildman–Crippen MR) is 60.7 cm³/mol. The van der Waals surface area contributed by atoms with E-state index in [0.717, 1.165) is 6.42 Å². The average molecular weight is 218 g/mol. The molecule has 1 amide bonds. The van der Waals surface area contributed by atoms with Gasteiger partial charge in [-0.3, -0.25) is 4.79 Å². The van der Waals surface area contributed by atoms with Crippen LogP contribution in [0.4, 0.5) is 5.82 Å². The van der Waals surface area contributed by atoms with Crippen molar-refractivity contribution in [2.45, 2.75) is 13.3 Å². The van der Waals surface area contributed by atoms with E-state index in [0.29, 0.717) is 17.9 Å². The summed E-state index contributed by atoms with van der Waals surface area (Å²) in [7, 11) is 0. The second kappa shape index (κ2) is 6.40. The minimum absolute atomic E-state index is 0.0778. The van der Waals surface area contributed by atoms with Crippen molar-refractivity contribution in [3.05, 3.63) is 23.9 Å². The number of hydrogen-bond donors (Lipinski definition) is 2. The molecule has 84 valence electrons. The maximum absolute atomic E-state index is 11.3. The highest BCUT2D eigenvalue weighted by atomic mass is 16.1. The van der Waals surface area contributed by atoms with Gasteiger partial charge in [0.25, 0.3) is 0 Å². The first-order chi connectivity index (χ1) is 7.76. The third-order valence-corrected chi connectivity index (χ3v) is 1.89. The molecule has 0 radical (unpaired) electrons. The molecule has 5 heteroatoms. The summed E-state index contributed by atoms with van der Waals surface area (Å²) >= 11 is 0. The highest BCUT2D eigenvalue weighted by Crippen LogP contribution is 2.04. The second-order valence-corrected chi connectivity index (χ2v) is 3.25. The van der Waals surface area contributed by atoms with Crippen LogP contribution in [-0.4, -0.2) is 24.0 Å². The minimum atomic E-state index is -0.0778. The highest BCUT2D eigenvalue weighted by molar-refractivity contribution is 5.80. The van der Waals surface area contributed by atoms with E-state index in [1.807, 2.05) is 13.0 Å². The summed E-state index contributed by atoms with van der Waals surface area (Å²) in [5.74, 6) is 0.455. The molecule has 5 nitrogen and oxygen atoms in total. The molecule has 16 heavy (non-hydrogen) atoms. The Morgan fingerprint density at radius 3 is 3.12 bits per heavy atom. The number of anilines is 1. The number of nitrogens with one attached hydrogen (secondary N) is 2. The van der Waals surface area contributed by atoms with Crippen LogP contribution in [0.25, 0.3) is 0 Å². The normalized spacial score (nSPS) is 9.25. The topological polar surface area (TPSA) is 77.8 Å². The van der Waals surface area contributed by atoms with E-state index in [1.54, 1.807) is 12.1 Å². The van der Waals surface area contributed by atoms with Crippen molar-refractivity contribution in [3.8, 4) is 6.07 Å². The number of nitriles is 1. The average Bonchev–Trinajstić information content (AvgIpc) is 2.34. The van der Waals surface area contributed by atoms with E-state index < -0.39 is 0 Å². The molecule has 1 aromatic heterocycles. The van der Waals surface area contributed by atoms with E-state index in [2.05, 4.69) is 15.6 Å². The molecule has 0 aliphatic heterocycles. The third-order valence-electron chi connectivity index (χ3n) is 1.89. The summed E-state index contributed by atoms with van der Waals surface area (Å²) < 4.78 is 0. The van der Waals surface area contributed by atoms with Crippen LogP contribution in [-0.2, 0) is 4.79 Å². The van der Waals surface area contributed by atoms with Crippen molar-refractivity contribution in [1.29, 1.82) is 5.26 Å². The molecule has 0 aliphatic rings. The first-order valence-electron chi connectivity index (χ1n) is 5.13. The van der Waals surface area contributed by atoms with Crippen LogP contribution in [0.1, 0.15) is 18.9 Å². The Morgan fingerprint density at radius 2 is 2.44 bits per heavy atom. The van der Waals surface area contributed by atoms with Crippen LogP contribution in [0.15, 0.2) is 18.3 Å². The van der Waals surface area contributed by atoms with Crippen LogP contribution >= 0.6 is 0 Å². The van der Waals surface area contributed by atoms with E-state index >= 15 is 0 Å². The van der Waals surface area contributed by atoms with Crippen LogP contribution in [0, 0.1) is 11.3 Å². The van der Waals surface area contributed by atoms with Gasteiger partial charge in [0.15, 0.2) is 0 Å². The minimum Gasteiger partial charge on any atom is -0.361 e. The molecule has 1 rings (SSSR count). The van der Waals surface area contributed by atoms with Gasteiger partial charge in [-0.15, -0.1) is 0 Å². The van der Waals surface area contributed by atoms with Gasteiger partial charge in [0.1, 0.15) is 5.82 Å². The van der Waals surface area contributed by atoms with Gasteiger partial charge in [0, 0.05) is 12.7 Å². The lowest BCUT2D eigenvalue weighted by Gasteiger charge is -2.05. The molecular weight excluding hydrogens is 204 g/mol. The zero-order valence-electron chi connectivity index (χ0n) is 9.16. The van der Waals surface area contributed by atoms with Crippen LogP contribution in [0.5, 0.6) is 0 Å². The number of rotatable bonds is 5. The lowest BCUT2D eigenvalue weighted by Crippen LogP contribution is -2.30. The lowest BCUT2D eigenvalue weighted by atomic mass is 10.3. The number of hydrogen-bond acceptors (Lipinski definition) is 4. The van der Waals surface area contributed by atoms with Gasteiger partial charge < -0.3 is 10.6 Å². The molecule has 0 bridgehead atoms. The van der Waals surface area contributed by atoms with Crippen molar-refractivity contribution in [3.63, 3.8) is 0 Å². The first-order valence-corrected chi connectivity index (χ1v) is 5.13. The molecule has 0 aliphatic carbocycles. The van der Waals surface area contributed by atoms with Gasteiger partial charge in [-0.25, -0.2) is 4.98 Å². The zero-order chi connectivity index (χ0) is 11.8. The summed E-state index contributed by atoms with van der Waals surface area (Å²) in [6.07, 6.45) is 2.44. The highest BCUT2D eigenvalue weighted by Gasteiger charge is 2.00. The maximum Gasteiger partial charge on any atom is 0.239 e. The molecule has 2 N–H and O–H groups in total. The van der Waals surface area contributed by atoms with Crippen molar-refractivity contribution >= 4 is 11.7 Å². The summed E-state index contributed by atoms with van der Waals surface area (Å²) in [6.45, 7) is 2.83. The first kappa shape index (κ1) is 12.0. The summed E-state index contributed by atoms with van der Waals surface area (Å²) in [4.78, 5) is 15.3. The fourth-order valence-corrected chi connectivity index (χ4v) is 1.09. The fraction of sp³-hybridized carbons (Fsp3) is 0.364. The quantitative estimate of drug-likeness (QED) is 0.769. The molecule has 0 atom stereocenters. The van der Waals surface area contributed by atoms with Gasteiger partial charge in [-0.2, -0.15) is 5.26 Å². The van der Waals surface area contributed by atoms with E-state index in [-0.39, 0.29) is 12.5 Å². The van der Waals surface area contributed by atoms with Gasteiger partial charge in [0.2, 0.25) is 5.91 Å². The van der Waals surface area contributed by atoms with Crippen molar-refractivity contribution < 1.29 is 4.79 Å². The monoisotopic (exact) mass is 218 g/mol. The standard InChI is InChI=1S/C11H14N4O/c1-2-4-14-11(16)8-15-10-6-9(7-12)3-5-13-10/h3,5-6H,2,4,8H2,1H3,(H,13,15)(H,14,16). The van der Waals surface area contributed by atoms with Crippen molar-refractivity contribution in [2.75, 3.05) is 18.4 Å². The molecule has 0 saturated carbocycles. The second-order valence-electron chi connectivity index (χ2n) is 3.25. The lowest BCUT2D eigenvalue weighted by molar-refractivity contribution is -0.119. The molecule has 1 heterocycles. The van der Waals surface area contributed by atoms with Crippen LogP contribution in [0.2, 0.25) is 0 Å². The Bertz CT molecular complexity index is 397. The maximum atomic E-state index is 11.3. The number of pyridine rings is 1. The van der Waals surface area contributed by atoms with E-state index in [9.17, 15) is 4.79 Å². The number of nitrogens with zero attached hydrogens (tertiary/aromatic N) is 2. The summed E-state index contributed by atoms with van der Waals surface area (Å²) in [5.41, 5.74) is 0.520. The summed E-state index contributed by atoms with van der Waals surface area (Å²) in [6, 6.07) is 5.23. The molecular formula is C11H14N4O. The third kappa shape index (κ3) is 3.96. The van der Waals surface area contributed by atoms with Crippen molar-refractivity contribution in [1.82, 2.24) is 10.3 Å². The Balaban J connectivity index is 2.42. The molecule has 0 spiro atoms. The molecule has 1 aromatic rings. The summed E-state index contributed by atoms with van der Waals surface area (Å²) in [5, 5.41) is 14.3. The fourth-order valence-electron chi connectivity index (χ4n) is 1.09. The van der Waals surface area contributed by atoms with Gasteiger partial charge in [-0.1, -0.05) is 6.92 Å². The van der Waals surface area contributed by atoms with Crippen molar-refractivity contribution in [2.24, 2.45) is 0 Å².